The zero-order valence-electron chi connectivity index (χ0n) is 14.0. The van der Waals surface area contributed by atoms with Crippen molar-refractivity contribution in [2.45, 2.75) is 45.3 Å². The first kappa shape index (κ1) is 17.1. The van der Waals surface area contributed by atoms with Gasteiger partial charge >= 0.3 is 12.1 Å². The van der Waals surface area contributed by atoms with Gasteiger partial charge in [-0.2, -0.15) is 0 Å². The zero-order valence-corrected chi connectivity index (χ0v) is 14.0. The van der Waals surface area contributed by atoms with E-state index in [0.29, 0.717) is 13.1 Å². The monoisotopic (exact) mass is 319 g/mol. The molecule has 6 heteroatoms. The van der Waals surface area contributed by atoms with Crippen LogP contribution < -0.4 is 10.6 Å². The third-order valence-electron chi connectivity index (χ3n) is 3.44. The normalized spacial score (nSPS) is 18.2. The molecule has 1 saturated heterocycles. The van der Waals surface area contributed by atoms with Crippen molar-refractivity contribution < 1.29 is 14.3 Å². The molecule has 0 saturated carbocycles. The summed E-state index contributed by atoms with van der Waals surface area (Å²) in [7, 11) is 0. The van der Waals surface area contributed by atoms with E-state index >= 15 is 0 Å². The summed E-state index contributed by atoms with van der Waals surface area (Å²) >= 11 is 0. The number of anilines is 1. The van der Waals surface area contributed by atoms with E-state index in [2.05, 4.69) is 10.6 Å². The summed E-state index contributed by atoms with van der Waals surface area (Å²) in [6.45, 7) is 6.66. The Kier molecular flexibility index (Phi) is 5.47. The number of amides is 3. The molecule has 0 aliphatic carbocycles. The number of carbonyl (C=O) groups is 2. The number of hydrogen-bond donors (Lipinski definition) is 2. The van der Waals surface area contributed by atoms with Crippen molar-refractivity contribution in [1.82, 2.24) is 10.2 Å². The maximum absolute atomic E-state index is 12.1. The molecule has 1 aromatic carbocycles. The van der Waals surface area contributed by atoms with Gasteiger partial charge in [0.15, 0.2) is 0 Å². The summed E-state index contributed by atoms with van der Waals surface area (Å²) in [5.41, 5.74) is 0.229. The van der Waals surface area contributed by atoms with E-state index in [-0.39, 0.29) is 18.2 Å². The number of carbonyl (C=O) groups excluding carboxylic acids is 2. The molecule has 6 nitrogen and oxygen atoms in total. The molecule has 2 rings (SSSR count). The number of benzene rings is 1. The molecule has 2 N–H and O–H groups in total. The first-order chi connectivity index (χ1) is 10.8. The fourth-order valence-electron chi connectivity index (χ4n) is 2.46. The molecule has 0 spiro atoms. The van der Waals surface area contributed by atoms with Crippen molar-refractivity contribution in [2.24, 2.45) is 0 Å². The van der Waals surface area contributed by atoms with E-state index in [1.165, 1.54) is 0 Å². The lowest BCUT2D eigenvalue weighted by atomic mass is 10.1. The fourth-order valence-corrected chi connectivity index (χ4v) is 2.46. The van der Waals surface area contributed by atoms with Crippen LogP contribution in [0.15, 0.2) is 30.3 Å². The SMILES string of the molecule is CC(C)(C)OC(=O)N1CCC[C@H](NC(=O)Nc2ccccc2)C1. The van der Waals surface area contributed by atoms with Gasteiger partial charge < -0.3 is 20.3 Å². The third kappa shape index (κ3) is 5.81. The predicted octanol–water partition coefficient (Wildman–Crippen LogP) is 3.21. The second-order valence-corrected chi connectivity index (χ2v) is 6.73. The van der Waals surface area contributed by atoms with Crippen molar-refractivity contribution in [3.63, 3.8) is 0 Å². The molecule has 0 radical (unpaired) electrons. The molecule has 23 heavy (non-hydrogen) atoms. The molecule has 0 aromatic heterocycles. The second kappa shape index (κ2) is 7.35. The van der Waals surface area contributed by atoms with Crippen LogP contribution in [0.5, 0.6) is 0 Å². The molecular formula is C17H25N3O3. The number of rotatable bonds is 2. The Morgan fingerprint density at radius 2 is 1.91 bits per heavy atom. The van der Waals surface area contributed by atoms with Gasteiger partial charge in [-0.1, -0.05) is 18.2 Å². The van der Waals surface area contributed by atoms with E-state index < -0.39 is 5.60 Å². The smallest absolute Gasteiger partial charge is 0.410 e. The van der Waals surface area contributed by atoms with Crippen molar-refractivity contribution in [3.05, 3.63) is 30.3 Å². The number of piperidine rings is 1. The van der Waals surface area contributed by atoms with Crippen molar-refractivity contribution >= 4 is 17.8 Å². The molecular weight excluding hydrogens is 294 g/mol. The van der Waals surface area contributed by atoms with Gasteiger partial charge in [-0.15, -0.1) is 0 Å². The van der Waals surface area contributed by atoms with E-state index in [1.807, 2.05) is 51.1 Å². The average Bonchev–Trinajstić information content (AvgIpc) is 2.46. The minimum Gasteiger partial charge on any atom is -0.444 e. The molecule has 1 atom stereocenters. The Balaban J connectivity index is 1.84. The van der Waals surface area contributed by atoms with Gasteiger partial charge in [-0.3, -0.25) is 0 Å². The molecule has 1 aliphatic rings. The summed E-state index contributed by atoms with van der Waals surface area (Å²) in [5, 5.41) is 5.70. The van der Waals surface area contributed by atoms with Gasteiger partial charge in [0.05, 0.1) is 0 Å². The van der Waals surface area contributed by atoms with Gasteiger partial charge in [0.1, 0.15) is 5.60 Å². The number of ether oxygens (including phenoxy) is 1. The van der Waals surface area contributed by atoms with Crippen molar-refractivity contribution in [1.29, 1.82) is 0 Å². The van der Waals surface area contributed by atoms with Gasteiger partial charge in [-0.05, 0) is 45.7 Å². The highest BCUT2D eigenvalue weighted by atomic mass is 16.6. The van der Waals surface area contributed by atoms with Gasteiger partial charge in [0, 0.05) is 24.8 Å². The van der Waals surface area contributed by atoms with Crippen molar-refractivity contribution in [2.75, 3.05) is 18.4 Å². The fraction of sp³-hybridized carbons (Fsp3) is 0.529. The minimum absolute atomic E-state index is 0.0695. The Bertz CT molecular complexity index is 540. The van der Waals surface area contributed by atoms with E-state index in [9.17, 15) is 9.59 Å². The number of likely N-dealkylation sites (tertiary alicyclic amines) is 1. The van der Waals surface area contributed by atoms with Crippen LogP contribution in [-0.4, -0.2) is 41.8 Å². The Hall–Kier alpha value is -2.24. The van der Waals surface area contributed by atoms with Crippen LogP contribution in [0, 0.1) is 0 Å². The predicted molar refractivity (Wildman–Crippen MR) is 89.4 cm³/mol. The first-order valence-electron chi connectivity index (χ1n) is 7.94. The van der Waals surface area contributed by atoms with Gasteiger partial charge in [0.25, 0.3) is 0 Å². The molecule has 1 aromatic rings. The molecule has 126 valence electrons. The largest absolute Gasteiger partial charge is 0.444 e. The maximum atomic E-state index is 12.1. The highest BCUT2D eigenvalue weighted by molar-refractivity contribution is 5.89. The standard InChI is InChI=1S/C17H25N3O3/c1-17(2,3)23-16(22)20-11-7-10-14(12-20)19-15(21)18-13-8-5-4-6-9-13/h4-6,8-9,14H,7,10-12H2,1-3H3,(H2,18,19,21)/t14-/m0/s1. The van der Waals surface area contributed by atoms with Crippen LogP contribution in [-0.2, 0) is 4.74 Å². The Morgan fingerprint density at radius 3 is 2.57 bits per heavy atom. The molecule has 3 amide bonds. The molecule has 0 unspecified atom stereocenters. The number of urea groups is 1. The second-order valence-electron chi connectivity index (χ2n) is 6.73. The minimum atomic E-state index is -0.512. The number of hydrogen-bond acceptors (Lipinski definition) is 3. The lowest BCUT2D eigenvalue weighted by Gasteiger charge is -2.34. The first-order valence-corrected chi connectivity index (χ1v) is 7.94. The molecule has 1 heterocycles. The van der Waals surface area contributed by atoms with E-state index in [1.54, 1.807) is 4.90 Å². The Labute approximate surface area is 137 Å². The highest BCUT2D eigenvalue weighted by Gasteiger charge is 2.28. The van der Waals surface area contributed by atoms with Crippen molar-refractivity contribution in [3.8, 4) is 0 Å². The van der Waals surface area contributed by atoms with Crippen LogP contribution >= 0.6 is 0 Å². The topological polar surface area (TPSA) is 70.7 Å². The quantitative estimate of drug-likeness (QED) is 0.879. The third-order valence-corrected chi connectivity index (χ3v) is 3.44. The lowest BCUT2D eigenvalue weighted by Crippen LogP contribution is -2.51. The lowest BCUT2D eigenvalue weighted by molar-refractivity contribution is 0.0191. The van der Waals surface area contributed by atoms with E-state index in [4.69, 9.17) is 4.74 Å². The number of para-hydroxylation sites is 1. The molecule has 0 bridgehead atoms. The Morgan fingerprint density at radius 1 is 1.22 bits per heavy atom. The number of nitrogens with zero attached hydrogens (tertiary/aromatic N) is 1. The summed E-state index contributed by atoms with van der Waals surface area (Å²) < 4.78 is 5.38. The van der Waals surface area contributed by atoms with Gasteiger partial charge in [0.2, 0.25) is 0 Å². The van der Waals surface area contributed by atoms with Crippen LogP contribution in [0.1, 0.15) is 33.6 Å². The van der Waals surface area contributed by atoms with Gasteiger partial charge in [-0.25, -0.2) is 9.59 Å². The van der Waals surface area contributed by atoms with Crippen LogP contribution in [0.3, 0.4) is 0 Å². The average molecular weight is 319 g/mol. The van der Waals surface area contributed by atoms with Crippen LogP contribution in [0.2, 0.25) is 0 Å². The summed E-state index contributed by atoms with van der Waals surface area (Å²) in [4.78, 5) is 25.8. The van der Waals surface area contributed by atoms with E-state index in [0.717, 1.165) is 18.5 Å². The van der Waals surface area contributed by atoms with Crippen LogP contribution in [0.4, 0.5) is 15.3 Å². The summed E-state index contributed by atoms with van der Waals surface area (Å²) in [5.74, 6) is 0. The van der Waals surface area contributed by atoms with Crippen LogP contribution in [0.25, 0.3) is 0 Å². The summed E-state index contributed by atoms with van der Waals surface area (Å²) in [6.07, 6.45) is 1.37. The highest BCUT2D eigenvalue weighted by Crippen LogP contribution is 2.15. The summed E-state index contributed by atoms with van der Waals surface area (Å²) in [6, 6.07) is 8.94. The zero-order chi connectivity index (χ0) is 16.9. The molecule has 1 aliphatic heterocycles. The number of nitrogens with one attached hydrogen (secondary N) is 2. The maximum Gasteiger partial charge on any atom is 0.410 e. The molecule has 1 fully saturated rings.